The number of aryl methyl sites for hydroxylation is 1. The van der Waals surface area contributed by atoms with Crippen LogP contribution in [0, 0.1) is 19.8 Å². The number of ether oxygens (including phenoxy) is 1. The lowest BCUT2D eigenvalue weighted by Gasteiger charge is -2.34. The SMILES string of the molecule is COCCCC1CCCN(c2nncc(C)c2C)C1. The maximum Gasteiger partial charge on any atom is 0.154 e. The lowest BCUT2D eigenvalue weighted by Crippen LogP contribution is -2.36. The van der Waals surface area contributed by atoms with Crippen LogP contribution in [0.1, 0.15) is 36.8 Å². The van der Waals surface area contributed by atoms with Gasteiger partial charge in [0.25, 0.3) is 0 Å². The van der Waals surface area contributed by atoms with Gasteiger partial charge < -0.3 is 9.64 Å². The summed E-state index contributed by atoms with van der Waals surface area (Å²) >= 11 is 0. The monoisotopic (exact) mass is 263 g/mol. The molecule has 1 saturated heterocycles. The van der Waals surface area contributed by atoms with E-state index >= 15 is 0 Å². The van der Waals surface area contributed by atoms with Gasteiger partial charge in [0.05, 0.1) is 6.20 Å². The van der Waals surface area contributed by atoms with Crippen LogP contribution in [0.15, 0.2) is 6.20 Å². The molecule has 1 aliphatic rings. The van der Waals surface area contributed by atoms with Crippen molar-refractivity contribution in [2.75, 3.05) is 31.7 Å². The van der Waals surface area contributed by atoms with E-state index in [1.54, 1.807) is 7.11 Å². The number of piperidine rings is 1. The van der Waals surface area contributed by atoms with E-state index in [0.29, 0.717) is 0 Å². The second-order valence-corrected chi connectivity index (χ2v) is 5.57. The molecule has 4 heteroatoms. The van der Waals surface area contributed by atoms with E-state index in [0.717, 1.165) is 37.9 Å². The minimum atomic E-state index is 0.769. The summed E-state index contributed by atoms with van der Waals surface area (Å²) in [5.41, 5.74) is 2.50. The number of hydrogen-bond donors (Lipinski definition) is 0. The van der Waals surface area contributed by atoms with E-state index in [1.807, 2.05) is 6.20 Å². The van der Waals surface area contributed by atoms with Crippen molar-refractivity contribution in [3.63, 3.8) is 0 Å². The summed E-state index contributed by atoms with van der Waals surface area (Å²) in [5.74, 6) is 1.85. The largest absolute Gasteiger partial charge is 0.385 e. The first kappa shape index (κ1) is 14.3. The van der Waals surface area contributed by atoms with Crippen molar-refractivity contribution >= 4 is 5.82 Å². The molecule has 1 atom stereocenters. The molecule has 0 aliphatic carbocycles. The minimum absolute atomic E-state index is 0.769. The highest BCUT2D eigenvalue weighted by Crippen LogP contribution is 2.27. The molecule has 1 aromatic rings. The molecule has 0 spiro atoms. The highest BCUT2D eigenvalue weighted by Gasteiger charge is 2.22. The van der Waals surface area contributed by atoms with Crippen molar-refractivity contribution in [1.29, 1.82) is 0 Å². The zero-order valence-corrected chi connectivity index (χ0v) is 12.4. The van der Waals surface area contributed by atoms with Crippen molar-refractivity contribution in [3.05, 3.63) is 17.3 Å². The molecule has 1 aliphatic heterocycles. The van der Waals surface area contributed by atoms with Gasteiger partial charge in [0.1, 0.15) is 0 Å². The van der Waals surface area contributed by atoms with Gasteiger partial charge in [0.15, 0.2) is 5.82 Å². The van der Waals surface area contributed by atoms with Gasteiger partial charge in [-0.1, -0.05) is 0 Å². The fraction of sp³-hybridized carbons (Fsp3) is 0.733. The van der Waals surface area contributed by atoms with Gasteiger partial charge in [-0.15, -0.1) is 5.10 Å². The summed E-state index contributed by atoms with van der Waals surface area (Å²) in [7, 11) is 1.78. The van der Waals surface area contributed by atoms with Crippen molar-refractivity contribution in [1.82, 2.24) is 10.2 Å². The van der Waals surface area contributed by atoms with Gasteiger partial charge in [0, 0.05) is 26.8 Å². The second-order valence-electron chi connectivity index (χ2n) is 5.57. The molecule has 1 unspecified atom stereocenters. The molecule has 0 saturated carbocycles. The van der Waals surface area contributed by atoms with Gasteiger partial charge in [0.2, 0.25) is 0 Å². The molecular formula is C15H25N3O. The molecule has 1 aromatic heterocycles. The number of hydrogen-bond acceptors (Lipinski definition) is 4. The van der Waals surface area contributed by atoms with Crippen molar-refractivity contribution < 1.29 is 4.74 Å². The third-order valence-electron chi connectivity index (χ3n) is 4.11. The van der Waals surface area contributed by atoms with Crippen molar-refractivity contribution in [2.24, 2.45) is 5.92 Å². The first-order valence-electron chi connectivity index (χ1n) is 7.25. The molecule has 0 amide bonds. The Hall–Kier alpha value is -1.16. The Balaban J connectivity index is 1.98. The molecule has 0 bridgehead atoms. The third kappa shape index (κ3) is 3.66. The van der Waals surface area contributed by atoms with Gasteiger partial charge in [-0.25, -0.2) is 0 Å². The lowest BCUT2D eigenvalue weighted by atomic mass is 9.93. The summed E-state index contributed by atoms with van der Waals surface area (Å²) in [6, 6.07) is 0. The Labute approximate surface area is 116 Å². The average Bonchev–Trinajstić information content (AvgIpc) is 2.43. The normalized spacial score (nSPS) is 19.7. The molecule has 19 heavy (non-hydrogen) atoms. The average molecular weight is 263 g/mol. The fourth-order valence-corrected chi connectivity index (χ4v) is 2.83. The Morgan fingerprint density at radius 1 is 1.42 bits per heavy atom. The molecule has 2 rings (SSSR count). The van der Waals surface area contributed by atoms with E-state index in [-0.39, 0.29) is 0 Å². The highest BCUT2D eigenvalue weighted by atomic mass is 16.5. The summed E-state index contributed by atoms with van der Waals surface area (Å²) in [4.78, 5) is 2.41. The highest BCUT2D eigenvalue weighted by molar-refractivity contribution is 5.48. The summed E-state index contributed by atoms with van der Waals surface area (Å²) < 4.78 is 5.14. The van der Waals surface area contributed by atoms with Gasteiger partial charge in [-0.05, 0) is 56.6 Å². The number of methoxy groups -OCH3 is 1. The quantitative estimate of drug-likeness (QED) is 0.766. The van der Waals surface area contributed by atoms with Crippen LogP contribution >= 0.6 is 0 Å². The first-order valence-corrected chi connectivity index (χ1v) is 7.25. The van der Waals surface area contributed by atoms with Crippen LogP contribution in [0.25, 0.3) is 0 Å². The summed E-state index contributed by atoms with van der Waals surface area (Å²) in [6.45, 7) is 7.35. The second kappa shape index (κ2) is 6.85. The molecule has 0 radical (unpaired) electrons. The third-order valence-corrected chi connectivity index (χ3v) is 4.11. The lowest BCUT2D eigenvalue weighted by molar-refractivity contribution is 0.184. The van der Waals surface area contributed by atoms with Crippen LogP contribution in [0.3, 0.4) is 0 Å². The molecule has 4 nitrogen and oxygen atoms in total. The molecule has 1 fully saturated rings. The van der Waals surface area contributed by atoms with Crippen LogP contribution in [-0.2, 0) is 4.74 Å². The van der Waals surface area contributed by atoms with Gasteiger partial charge in [-0.3, -0.25) is 0 Å². The summed E-state index contributed by atoms with van der Waals surface area (Å²) in [6.07, 6.45) is 6.85. The Morgan fingerprint density at radius 3 is 3.05 bits per heavy atom. The molecule has 106 valence electrons. The predicted octanol–water partition coefficient (Wildman–Crippen LogP) is 2.74. The number of anilines is 1. The van der Waals surface area contributed by atoms with E-state index in [9.17, 15) is 0 Å². The predicted molar refractivity (Wildman–Crippen MR) is 77.6 cm³/mol. The Kier molecular flexibility index (Phi) is 5.14. The van der Waals surface area contributed by atoms with E-state index in [1.165, 1.54) is 30.4 Å². The summed E-state index contributed by atoms with van der Waals surface area (Å²) in [5, 5.41) is 8.45. The van der Waals surface area contributed by atoms with Crippen LogP contribution in [0.2, 0.25) is 0 Å². The number of nitrogens with zero attached hydrogens (tertiary/aromatic N) is 3. The Morgan fingerprint density at radius 2 is 2.26 bits per heavy atom. The smallest absolute Gasteiger partial charge is 0.154 e. The van der Waals surface area contributed by atoms with E-state index in [2.05, 4.69) is 28.9 Å². The van der Waals surface area contributed by atoms with Crippen molar-refractivity contribution in [2.45, 2.75) is 39.5 Å². The maximum atomic E-state index is 5.14. The minimum Gasteiger partial charge on any atom is -0.385 e. The first-order chi connectivity index (χ1) is 9.22. The van der Waals surface area contributed by atoms with Crippen LogP contribution in [-0.4, -0.2) is 37.0 Å². The zero-order chi connectivity index (χ0) is 13.7. The van der Waals surface area contributed by atoms with E-state index in [4.69, 9.17) is 4.74 Å². The molecule has 0 aromatic carbocycles. The molecule has 0 N–H and O–H groups in total. The number of aromatic nitrogens is 2. The maximum absolute atomic E-state index is 5.14. The van der Waals surface area contributed by atoms with Crippen molar-refractivity contribution in [3.8, 4) is 0 Å². The fourth-order valence-electron chi connectivity index (χ4n) is 2.83. The van der Waals surface area contributed by atoms with Gasteiger partial charge in [-0.2, -0.15) is 5.10 Å². The zero-order valence-electron chi connectivity index (χ0n) is 12.4. The standard InChI is InChI=1S/C15H25N3O/c1-12-10-16-17-15(13(12)2)18-8-4-6-14(11-18)7-5-9-19-3/h10,14H,4-9,11H2,1-3H3. The topological polar surface area (TPSA) is 38.2 Å². The van der Waals surface area contributed by atoms with Crippen LogP contribution < -0.4 is 4.90 Å². The van der Waals surface area contributed by atoms with E-state index < -0.39 is 0 Å². The van der Waals surface area contributed by atoms with Crippen LogP contribution in [0.5, 0.6) is 0 Å². The van der Waals surface area contributed by atoms with Gasteiger partial charge >= 0.3 is 0 Å². The molecular weight excluding hydrogens is 238 g/mol. The Bertz CT molecular complexity index is 408. The van der Waals surface area contributed by atoms with Crippen LogP contribution in [0.4, 0.5) is 5.82 Å². The molecule has 2 heterocycles. The number of rotatable bonds is 5.